The van der Waals surface area contributed by atoms with Crippen molar-refractivity contribution in [3.05, 3.63) is 0 Å². The molecule has 3 heterocycles. The van der Waals surface area contributed by atoms with Crippen LogP contribution in [0.5, 0.6) is 0 Å². The minimum absolute atomic E-state index is 0.435. The Kier molecular flexibility index (Phi) is 4.19. The minimum atomic E-state index is 0.435. The number of morpholine rings is 1. The third-order valence-electron chi connectivity index (χ3n) is 4.59. The first-order valence-electron chi connectivity index (χ1n) is 7.60. The van der Waals surface area contributed by atoms with Crippen molar-refractivity contribution in [1.82, 2.24) is 15.1 Å². The van der Waals surface area contributed by atoms with Gasteiger partial charge in [0, 0.05) is 38.8 Å². The number of nitrogens with zero attached hydrogens (tertiary/aromatic N) is 2. The molecule has 3 atom stereocenters. The number of hydrogen-bond donors (Lipinski definition) is 1. The third kappa shape index (κ3) is 3.05. The predicted molar refractivity (Wildman–Crippen MR) is 72.8 cm³/mol. The maximum atomic E-state index is 6.07. The first-order valence-corrected chi connectivity index (χ1v) is 7.60. The second-order valence-corrected chi connectivity index (χ2v) is 6.32. The molecule has 0 bridgehead atoms. The predicted octanol–water partition coefficient (Wildman–Crippen LogP) is 0.391. The van der Waals surface area contributed by atoms with Crippen LogP contribution in [0, 0.1) is 5.92 Å². The van der Waals surface area contributed by atoms with Crippen LogP contribution in [-0.2, 0) is 4.74 Å². The van der Waals surface area contributed by atoms with Gasteiger partial charge in [0.15, 0.2) is 0 Å². The molecule has 3 rings (SSSR count). The van der Waals surface area contributed by atoms with E-state index in [1.165, 1.54) is 32.5 Å². The highest BCUT2D eigenvalue weighted by Gasteiger charge is 2.33. The molecule has 0 aromatic heterocycles. The van der Waals surface area contributed by atoms with E-state index in [0.29, 0.717) is 6.10 Å². The lowest BCUT2D eigenvalue weighted by molar-refractivity contribution is -0.0612. The van der Waals surface area contributed by atoms with Gasteiger partial charge < -0.3 is 10.1 Å². The first-order chi connectivity index (χ1) is 8.81. The van der Waals surface area contributed by atoms with Gasteiger partial charge in [-0.05, 0) is 31.8 Å². The normalized spacial score (nSPS) is 39.5. The quantitative estimate of drug-likeness (QED) is 0.770. The lowest BCUT2D eigenvalue weighted by Crippen LogP contribution is -2.50. The maximum Gasteiger partial charge on any atom is 0.0829 e. The zero-order chi connectivity index (χ0) is 12.4. The van der Waals surface area contributed by atoms with Crippen LogP contribution < -0.4 is 5.32 Å². The maximum absolute atomic E-state index is 6.07. The van der Waals surface area contributed by atoms with Crippen LogP contribution in [-0.4, -0.2) is 74.4 Å². The summed E-state index contributed by atoms with van der Waals surface area (Å²) in [4.78, 5) is 5.24. The van der Waals surface area contributed by atoms with Crippen LogP contribution >= 0.6 is 0 Å². The lowest BCUT2D eigenvalue weighted by atomic mass is 10.1. The van der Waals surface area contributed by atoms with E-state index >= 15 is 0 Å². The Morgan fingerprint density at radius 2 is 2.22 bits per heavy atom. The third-order valence-corrected chi connectivity index (χ3v) is 4.59. The largest absolute Gasteiger partial charge is 0.374 e. The van der Waals surface area contributed by atoms with Gasteiger partial charge in [0.25, 0.3) is 0 Å². The molecule has 0 radical (unpaired) electrons. The van der Waals surface area contributed by atoms with Gasteiger partial charge in [0.2, 0.25) is 0 Å². The van der Waals surface area contributed by atoms with Crippen molar-refractivity contribution in [3.63, 3.8) is 0 Å². The van der Waals surface area contributed by atoms with Gasteiger partial charge >= 0.3 is 0 Å². The molecule has 0 aromatic rings. The van der Waals surface area contributed by atoms with Crippen LogP contribution in [0.1, 0.15) is 19.8 Å². The Labute approximate surface area is 111 Å². The first kappa shape index (κ1) is 12.9. The van der Waals surface area contributed by atoms with Gasteiger partial charge in [0.1, 0.15) is 0 Å². The molecular formula is C14H27N3O. The number of rotatable bonds is 2. The minimum Gasteiger partial charge on any atom is -0.374 e. The van der Waals surface area contributed by atoms with E-state index in [4.69, 9.17) is 4.74 Å². The molecule has 3 saturated heterocycles. The van der Waals surface area contributed by atoms with Crippen molar-refractivity contribution in [2.45, 2.75) is 31.9 Å². The monoisotopic (exact) mass is 253 g/mol. The summed E-state index contributed by atoms with van der Waals surface area (Å²) < 4.78 is 6.07. The van der Waals surface area contributed by atoms with E-state index in [1.807, 2.05) is 0 Å². The number of hydrogen-bond acceptors (Lipinski definition) is 4. The van der Waals surface area contributed by atoms with Gasteiger partial charge in [-0.3, -0.25) is 9.80 Å². The van der Waals surface area contributed by atoms with Crippen molar-refractivity contribution in [3.8, 4) is 0 Å². The smallest absolute Gasteiger partial charge is 0.0829 e. The molecule has 3 aliphatic rings. The molecule has 0 amide bonds. The van der Waals surface area contributed by atoms with Crippen LogP contribution in [0.15, 0.2) is 0 Å². The summed E-state index contributed by atoms with van der Waals surface area (Å²) in [5.41, 5.74) is 0. The highest BCUT2D eigenvalue weighted by molar-refractivity contribution is 4.86. The number of ether oxygens (including phenoxy) is 1. The summed E-state index contributed by atoms with van der Waals surface area (Å²) in [6.45, 7) is 11.6. The SMILES string of the molecule is CC1CNCCN(CC2CN3CCCC3CO2)C1. The Morgan fingerprint density at radius 1 is 1.28 bits per heavy atom. The molecule has 0 aromatic carbocycles. The van der Waals surface area contributed by atoms with Gasteiger partial charge in [-0.1, -0.05) is 6.92 Å². The Balaban J connectivity index is 1.49. The average Bonchev–Trinajstić information content (AvgIpc) is 2.72. The molecule has 3 unspecified atom stereocenters. The van der Waals surface area contributed by atoms with E-state index in [-0.39, 0.29) is 0 Å². The summed E-state index contributed by atoms with van der Waals surface area (Å²) in [6.07, 6.45) is 3.15. The summed E-state index contributed by atoms with van der Waals surface area (Å²) in [5, 5.41) is 3.51. The van der Waals surface area contributed by atoms with Crippen molar-refractivity contribution >= 4 is 0 Å². The topological polar surface area (TPSA) is 27.7 Å². The summed E-state index contributed by atoms with van der Waals surface area (Å²) in [6, 6.07) is 0.728. The van der Waals surface area contributed by atoms with Gasteiger partial charge in [0.05, 0.1) is 12.7 Å². The fourth-order valence-electron chi connectivity index (χ4n) is 3.63. The molecule has 18 heavy (non-hydrogen) atoms. The summed E-state index contributed by atoms with van der Waals surface area (Å²) in [5.74, 6) is 0.760. The molecule has 4 nitrogen and oxygen atoms in total. The summed E-state index contributed by atoms with van der Waals surface area (Å²) in [7, 11) is 0. The highest BCUT2D eigenvalue weighted by Crippen LogP contribution is 2.23. The van der Waals surface area contributed by atoms with Crippen molar-refractivity contribution in [2.24, 2.45) is 5.92 Å². The summed E-state index contributed by atoms with van der Waals surface area (Å²) >= 11 is 0. The molecule has 0 aliphatic carbocycles. The van der Waals surface area contributed by atoms with E-state index in [9.17, 15) is 0 Å². The molecular weight excluding hydrogens is 226 g/mol. The lowest BCUT2D eigenvalue weighted by Gasteiger charge is -2.37. The molecule has 0 spiro atoms. The second-order valence-electron chi connectivity index (χ2n) is 6.32. The highest BCUT2D eigenvalue weighted by atomic mass is 16.5. The van der Waals surface area contributed by atoms with Crippen LogP contribution in [0.2, 0.25) is 0 Å². The molecule has 1 N–H and O–H groups in total. The number of nitrogens with one attached hydrogen (secondary N) is 1. The Morgan fingerprint density at radius 3 is 3.17 bits per heavy atom. The standard InChI is InChI=1S/C14H27N3O/c1-12-7-15-4-6-16(8-12)9-14-10-17-5-2-3-13(17)11-18-14/h12-15H,2-11H2,1H3. The molecule has 104 valence electrons. The molecule has 4 heteroatoms. The fourth-order valence-corrected chi connectivity index (χ4v) is 3.63. The van der Waals surface area contributed by atoms with E-state index in [1.54, 1.807) is 0 Å². The van der Waals surface area contributed by atoms with E-state index in [0.717, 1.165) is 44.7 Å². The van der Waals surface area contributed by atoms with Gasteiger partial charge in [-0.2, -0.15) is 0 Å². The zero-order valence-corrected chi connectivity index (χ0v) is 11.6. The number of fused-ring (bicyclic) bond motifs is 1. The Bertz CT molecular complexity index is 274. The van der Waals surface area contributed by atoms with Crippen LogP contribution in [0.3, 0.4) is 0 Å². The van der Waals surface area contributed by atoms with E-state index in [2.05, 4.69) is 22.0 Å². The van der Waals surface area contributed by atoms with Crippen LogP contribution in [0.4, 0.5) is 0 Å². The van der Waals surface area contributed by atoms with E-state index < -0.39 is 0 Å². The van der Waals surface area contributed by atoms with Crippen molar-refractivity contribution < 1.29 is 4.74 Å². The molecule has 3 aliphatic heterocycles. The van der Waals surface area contributed by atoms with Crippen LogP contribution in [0.25, 0.3) is 0 Å². The fraction of sp³-hybridized carbons (Fsp3) is 1.00. The average molecular weight is 253 g/mol. The Hall–Kier alpha value is -0.160. The zero-order valence-electron chi connectivity index (χ0n) is 11.6. The van der Waals surface area contributed by atoms with Gasteiger partial charge in [-0.15, -0.1) is 0 Å². The second kappa shape index (κ2) is 5.87. The molecule has 0 saturated carbocycles. The molecule has 3 fully saturated rings. The van der Waals surface area contributed by atoms with Crippen molar-refractivity contribution in [1.29, 1.82) is 0 Å². The van der Waals surface area contributed by atoms with Gasteiger partial charge in [-0.25, -0.2) is 0 Å². The van der Waals surface area contributed by atoms with Crippen molar-refractivity contribution in [2.75, 3.05) is 52.4 Å².